The van der Waals surface area contributed by atoms with Gasteiger partial charge in [0.1, 0.15) is 12.2 Å². The molecule has 160 valence electrons. The summed E-state index contributed by atoms with van der Waals surface area (Å²) in [5, 5.41) is 8.54. The number of hydrogen-bond acceptors (Lipinski definition) is 9. The van der Waals surface area contributed by atoms with Gasteiger partial charge in [-0.05, 0) is 6.42 Å². The summed E-state index contributed by atoms with van der Waals surface area (Å²) in [5.74, 6) is -4.80. The molecule has 0 saturated carbocycles. The molecule has 0 aliphatic carbocycles. The van der Waals surface area contributed by atoms with Crippen molar-refractivity contribution in [3.05, 3.63) is 0 Å². The first-order valence-electron chi connectivity index (χ1n) is 9.54. The molecule has 0 aromatic rings. The summed E-state index contributed by atoms with van der Waals surface area (Å²) >= 11 is 0. The molecule has 0 radical (unpaired) electrons. The molecule has 2 amide bonds. The molecular formula is C18H23NO10. The molecule has 4 rings (SSSR count). The molecule has 5 unspecified atom stereocenters. The van der Waals surface area contributed by atoms with Crippen LogP contribution in [0.25, 0.3) is 0 Å². The first kappa shape index (κ1) is 20.2. The lowest BCUT2D eigenvalue weighted by Gasteiger charge is -2.24. The highest BCUT2D eigenvalue weighted by Crippen LogP contribution is 2.54. The number of ether oxygens (including phenoxy) is 5. The third-order valence-electron chi connectivity index (χ3n) is 5.89. The Morgan fingerprint density at radius 3 is 2.17 bits per heavy atom. The number of carboxylic acids is 1. The van der Waals surface area contributed by atoms with Crippen LogP contribution in [-0.4, -0.2) is 84.4 Å². The smallest absolute Gasteiger partial charge is 0.306 e. The van der Waals surface area contributed by atoms with E-state index in [-0.39, 0.29) is 44.2 Å². The van der Waals surface area contributed by atoms with E-state index < -0.39 is 54.2 Å². The second-order valence-electron chi connectivity index (χ2n) is 7.64. The van der Waals surface area contributed by atoms with Crippen LogP contribution in [0, 0.1) is 11.8 Å². The zero-order chi connectivity index (χ0) is 20.9. The molecule has 4 aliphatic heterocycles. The molecule has 2 bridgehead atoms. The molecule has 0 aromatic carbocycles. The highest BCUT2D eigenvalue weighted by Gasteiger charge is 2.73. The van der Waals surface area contributed by atoms with Crippen LogP contribution in [0.5, 0.6) is 0 Å². The van der Waals surface area contributed by atoms with Crippen LogP contribution in [0.2, 0.25) is 0 Å². The monoisotopic (exact) mass is 413 g/mol. The van der Waals surface area contributed by atoms with Crippen LogP contribution in [0.3, 0.4) is 0 Å². The fourth-order valence-corrected chi connectivity index (χ4v) is 4.55. The number of carboxylic acid groups (broad SMARTS) is 1. The second kappa shape index (κ2) is 7.31. The number of fused-ring (bicyclic) bond motifs is 8. The summed E-state index contributed by atoms with van der Waals surface area (Å²) < 4.78 is 27.6. The van der Waals surface area contributed by atoms with E-state index >= 15 is 0 Å². The van der Waals surface area contributed by atoms with E-state index in [1.807, 2.05) is 0 Å². The van der Waals surface area contributed by atoms with E-state index in [9.17, 15) is 19.2 Å². The van der Waals surface area contributed by atoms with Crippen molar-refractivity contribution in [3.8, 4) is 0 Å². The second-order valence-corrected chi connectivity index (χ2v) is 7.64. The average Bonchev–Trinajstić information content (AvgIpc) is 3.37. The number of esters is 1. The number of carbonyl (C=O) groups excluding carboxylic acids is 3. The van der Waals surface area contributed by atoms with Crippen molar-refractivity contribution in [2.75, 3.05) is 20.3 Å². The fourth-order valence-electron chi connectivity index (χ4n) is 4.55. The maximum absolute atomic E-state index is 12.8. The van der Waals surface area contributed by atoms with E-state index in [0.29, 0.717) is 0 Å². The first-order chi connectivity index (χ1) is 13.8. The number of likely N-dealkylation sites (tertiary alicyclic amines) is 1. The summed E-state index contributed by atoms with van der Waals surface area (Å²) in [7, 11) is 1.46. The Bertz CT molecular complexity index is 702. The summed E-state index contributed by atoms with van der Waals surface area (Å²) in [6.45, 7) is 1.75. The van der Waals surface area contributed by atoms with Crippen molar-refractivity contribution in [1.29, 1.82) is 0 Å². The van der Waals surface area contributed by atoms with Crippen LogP contribution >= 0.6 is 0 Å². The van der Waals surface area contributed by atoms with Crippen molar-refractivity contribution in [2.24, 2.45) is 11.8 Å². The Morgan fingerprint density at radius 1 is 1.07 bits per heavy atom. The summed E-state index contributed by atoms with van der Waals surface area (Å²) in [5.41, 5.74) is 0. The van der Waals surface area contributed by atoms with Crippen LogP contribution in [0.4, 0.5) is 0 Å². The molecule has 7 atom stereocenters. The lowest BCUT2D eigenvalue weighted by molar-refractivity contribution is -0.330. The number of amides is 2. The van der Waals surface area contributed by atoms with Crippen LogP contribution in [-0.2, 0) is 42.9 Å². The van der Waals surface area contributed by atoms with Crippen molar-refractivity contribution < 1.29 is 48.0 Å². The highest BCUT2D eigenvalue weighted by molar-refractivity contribution is 6.06. The molecule has 0 spiro atoms. The number of imide groups is 1. The predicted molar refractivity (Wildman–Crippen MR) is 90.0 cm³/mol. The van der Waals surface area contributed by atoms with Gasteiger partial charge in [0.25, 0.3) is 5.97 Å². The van der Waals surface area contributed by atoms with Crippen molar-refractivity contribution in [1.82, 2.24) is 4.90 Å². The Balaban J connectivity index is 1.32. The maximum Gasteiger partial charge on any atom is 0.306 e. The number of hydrogen-bond donors (Lipinski definition) is 1. The molecule has 0 aromatic heterocycles. The maximum atomic E-state index is 12.8. The van der Waals surface area contributed by atoms with Gasteiger partial charge in [-0.3, -0.25) is 24.1 Å². The van der Waals surface area contributed by atoms with E-state index in [1.54, 1.807) is 6.92 Å². The van der Waals surface area contributed by atoms with Crippen LogP contribution in [0.1, 0.15) is 26.2 Å². The molecule has 29 heavy (non-hydrogen) atoms. The minimum atomic E-state index is -1.22. The SMILES string of the molecule is COC1(C)OC2C3O[C@@H](C4C(=O)N(CCCOC(=O)CCC(=O)O)C(=O)C34)[C@H]2O1. The zero-order valence-corrected chi connectivity index (χ0v) is 16.1. The first-order valence-corrected chi connectivity index (χ1v) is 9.54. The summed E-state index contributed by atoms with van der Waals surface area (Å²) in [6, 6.07) is 0. The average molecular weight is 413 g/mol. The van der Waals surface area contributed by atoms with Gasteiger partial charge in [-0.15, -0.1) is 0 Å². The van der Waals surface area contributed by atoms with Gasteiger partial charge in [0.05, 0.1) is 43.5 Å². The molecular weight excluding hydrogens is 390 g/mol. The number of aliphatic carboxylic acids is 1. The molecule has 4 saturated heterocycles. The topological polar surface area (TPSA) is 138 Å². The van der Waals surface area contributed by atoms with E-state index in [1.165, 1.54) is 12.0 Å². The molecule has 11 nitrogen and oxygen atoms in total. The summed E-state index contributed by atoms with van der Waals surface area (Å²) in [6.07, 6.45) is -2.33. The Labute approximate surface area is 166 Å². The minimum Gasteiger partial charge on any atom is -0.481 e. The van der Waals surface area contributed by atoms with Gasteiger partial charge in [-0.25, -0.2) is 0 Å². The Kier molecular flexibility index (Phi) is 5.09. The van der Waals surface area contributed by atoms with Gasteiger partial charge in [0, 0.05) is 20.6 Å². The summed E-state index contributed by atoms with van der Waals surface area (Å²) in [4.78, 5) is 48.7. The highest BCUT2D eigenvalue weighted by atomic mass is 16.9. The normalized spacial score (nSPS) is 39.7. The molecule has 4 aliphatic rings. The number of nitrogens with zero attached hydrogens (tertiary/aromatic N) is 1. The number of rotatable bonds is 8. The quantitative estimate of drug-likeness (QED) is 0.308. The van der Waals surface area contributed by atoms with Gasteiger partial charge < -0.3 is 28.8 Å². The van der Waals surface area contributed by atoms with Crippen molar-refractivity contribution in [3.63, 3.8) is 0 Å². The Morgan fingerprint density at radius 2 is 1.66 bits per heavy atom. The fraction of sp³-hybridized carbons (Fsp3) is 0.778. The number of carbonyl (C=O) groups is 4. The van der Waals surface area contributed by atoms with E-state index in [2.05, 4.69) is 0 Å². The zero-order valence-electron chi connectivity index (χ0n) is 16.1. The molecule has 4 fully saturated rings. The van der Waals surface area contributed by atoms with Crippen LogP contribution in [0.15, 0.2) is 0 Å². The third-order valence-corrected chi connectivity index (χ3v) is 5.89. The van der Waals surface area contributed by atoms with E-state index in [0.717, 1.165) is 0 Å². The Hall–Kier alpha value is -2.08. The van der Waals surface area contributed by atoms with Gasteiger partial charge in [0.15, 0.2) is 0 Å². The van der Waals surface area contributed by atoms with Crippen LogP contribution < -0.4 is 0 Å². The lowest BCUT2D eigenvalue weighted by atomic mass is 9.78. The minimum absolute atomic E-state index is 0.00211. The van der Waals surface area contributed by atoms with Gasteiger partial charge in [-0.2, -0.15) is 0 Å². The lowest BCUT2D eigenvalue weighted by Crippen LogP contribution is -2.46. The van der Waals surface area contributed by atoms with Gasteiger partial charge in [-0.1, -0.05) is 0 Å². The molecule has 11 heteroatoms. The van der Waals surface area contributed by atoms with E-state index in [4.69, 9.17) is 28.8 Å². The predicted octanol–water partition coefficient (Wildman–Crippen LogP) is -0.729. The third kappa shape index (κ3) is 3.31. The number of methoxy groups -OCH3 is 1. The van der Waals surface area contributed by atoms with Crippen molar-refractivity contribution in [2.45, 2.75) is 56.6 Å². The largest absolute Gasteiger partial charge is 0.481 e. The molecule has 1 N–H and O–H groups in total. The van der Waals surface area contributed by atoms with Crippen molar-refractivity contribution >= 4 is 23.8 Å². The molecule has 4 heterocycles. The standard InChI is InChI=1S/C18H23NO10/c1-18(25-2)28-14-12-10-11(13(27-12)15(14)29-18)17(24)19(16(10)23)6-3-7-26-9(22)5-4-8(20)21/h10-15H,3-7H2,1-2H3,(H,20,21)/t10?,11?,12-,13?,14+,15?,18?/m0/s1. The van der Waals surface area contributed by atoms with Gasteiger partial charge in [0.2, 0.25) is 11.8 Å². The van der Waals surface area contributed by atoms with Gasteiger partial charge >= 0.3 is 11.9 Å².